The monoisotopic (exact) mass is 409 g/mol. The van der Waals surface area contributed by atoms with Crippen LogP contribution in [0.25, 0.3) is 5.69 Å². The number of aryl methyl sites for hydroxylation is 2. The van der Waals surface area contributed by atoms with E-state index in [2.05, 4.69) is 4.98 Å². The second kappa shape index (κ2) is 7.97. The zero-order valence-electron chi connectivity index (χ0n) is 16.3. The summed E-state index contributed by atoms with van der Waals surface area (Å²) in [6, 6.07) is 10.2. The quantitative estimate of drug-likeness (QED) is 0.488. The molecule has 0 bridgehead atoms. The summed E-state index contributed by atoms with van der Waals surface area (Å²) in [6.07, 6.45) is 0. The normalized spacial score (nSPS) is 10.7. The molecule has 0 aliphatic heterocycles. The van der Waals surface area contributed by atoms with Crippen molar-refractivity contribution in [3.63, 3.8) is 0 Å². The van der Waals surface area contributed by atoms with Gasteiger partial charge >= 0.3 is 0 Å². The lowest BCUT2D eigenvalue weighted by atomic mass is 10.2. The Labute approximate surface area is 172 Å². The number of ketones is 1. The van der Waals surface area contributed by atoms with Gasteiger partial charge in [0.2, 0.25) is 0 Å². The van der Waals surface area contributed by atoms with E-state index >= 15 is 0 Å². The van der Waals surface area contributed by atoms with Crippen molar-refractivity contribution in [3.8, 4) is 11.8 Å². The lowest BCUT2D eigenvalue weighted by Crippen LogP contribution is -2.07. The van der Waals surface area contributed by atoms with Gasteiger partial charge in [0.25, 0.3) is 0 Å². The van der Waals surface area contributed by atoms with Crippen LogP contribution in [-0.2, 0) is 0 Å². The number of aromatic nitrogens is 2. The van der Waals surface area contributed by atoms with Crippen LogP contribution in [0.5, 0.6) is 0 Å². The minimum atomic E-state index is -0.298. The number of halogens is 1. The molecule has 29 heavy (non-hydrogen) atoms. The molecule has 0 fully saturated rings. The van der Waals surface area contributed by atoms with Crippen LogP contribution in [0.3, 0.4) is 0 Å². The van der Waals surface area contributed by atoms with Gasteiger partial charge in [-0.2, -0.15) is 5.26 Å². The molecule has 2 aromatic heterocycles. The number of rotatable bonds is 5. The summed E-state index contributed by atoms with van der Waals surface area (Å²) in [4.78, 5) is 17.0. The molecule has 4 N–H and O–H groups in total. The van der Waals surface area contributed by atoms with E-state index in [1.165, 1.54) is 12.1 Å². The van der Waals surface area contributed by atoms with Crippen molar-refractivity contribution in [2.24, 2.45) is 0 Å². The predicted molar refractivity (Wildman–Crippen MR) is 113 cm³/mol. The fourth-order valence-corrected chi connectivity index (χ4v) is 4.05. The molecule has 6 nitrogen and oxygen atoms in total. The van der Waals surface area contributed by atoms with E-state index in [9.17, 15) is 14.4 Å². The third-order valence-corrected chi connectivity index (χ3v) is 5.61. The minimum Gasteiger partial charge on any atom is -0.397 e. The van der Waals surface area contributed by atoms with Gasteiger partial charge in [-0.3, -0.25) is 4.79 Å². The molecule has 2 heterocycles. The number of thioether (sulfide) groups is 1. The number of Topliss-reactive ketones (excluding diaryl/α,β-unsaturated/α-hetero) is 1. The van der Waals surface area contributed by atoms with Gasteiger partial charge in [0.15, 0.2) is 5.78 Å². The number of pyridine rings is 1. The van der Waals surface area contributed by atoms with E-state index in [1.807, 2.05) is 30.6 Å². The van der Waals surface area contributed by atoms with Crippen molar-refractivity contribution in [3.05, 3.63) is 64.2 Å². The summed E-state index contributed by atoms with van der Waals surface area (Å²) >= 11 is 1.11. The van der Waals surface area contributed by atoms with Crippen molar-refractivity contribution < 1.29 is 9.18 Å². The number of anilines is 2. The standard InChI is InChI=1S/C21H20FN5OS/c1-11-4-5-14(7-17(11)22)27-12(2)6-15(13(27)3)19(28)10-29-21-16(9-23)18(24)8-20(25)26-21/h4-8H,10H2,1-3H3,(H4,24,25,26). The fourth-order valence-electron chi connectivity index (χ4n) is 3.15. The first-order chi connectivity index (χ1) is 13.7. The highest BCUT2D eigenvalue weighted by Gasteiger charge is 2.19. The Morgan fingerprint density at radius 1 is 1.24 bits per heavy atom. The molecule has 0 atom stereocenters. The van der Waals surface area contributed by atoms with Gasteiger partial charge in [-0.25, -0.2) is 9.37 Å². The van der Waals surface area contributed by atoms with E-state index in [4.69, 9.17) is 11.5 Å². The molecule has 3 rings (SSSR count). The van der Waals surface area contributed by atoms with Crippen LogP contribution in [0.4, 0.5) is 15.9 Å². The van der Waals surface area contributed by atoms with Crippen molar-refractivity contribution >= 4 is 29.1 Å². The summed E-state index contributed by atoms with van der Waals surface area (Å²) in [5, 5.41) is 9.61. The smallest absolute Gasteiger partial charge is 0.174 e. The molecule has 0 aliphatic rings. The van der Waals surface area contributed by atoms with Gasteiger partial charge in [-0.05, 0) is 44.5 Å². The maximum Gasteiger partial charge on any atom is 0.174 e. The number of nitrogen functional groups attached to an aromatic ring is 2. The summed E-state index contributed by atoms with van der Waals surface area (Å²) in [5.41, 5.74) is 15.2. The number of nitriles is 1. The zero-order valence-corrected chi connectivity index (χ0v) is 17.1. The van der Waals surface area contributed by atoms with Gasteiger partial charge in [0.1, 0.15) is 28.3 Å². The third kappa shape index (κ3) is 3.96. The molecule has 0 unspecified atom stereocenters. The molecule has 0 saturated heterocycles. The number of hydrogen-bond acceptors (Lipinski definition) is 6. The molecule has 0 saturated carbocycles. The van der Waals surface area contributed by atoms with Crippen molar-refractivity contribution in [1.29, 1.82) is 5.26 Å². The van der Waals surface area contributed by atoms with Crippen molar-refractivity contribution in [1.82, 2.24) is 9.55 Å². The summed E-state index contributed by atoms with van der Waals surface area (Å²) in [5.74, 6) is -0.172. The van der Waals surface area contributed by atoms with Crippen LogP contribution < -0.4 is 11.5 Å². The van der Waals surface area contributed by atoms with Gasteiger partial charge in [0, 0.05) is 28.7 Å². The SMILES string of the molecule is Cc1ccc(-n2c(C)cc(C(=O)CSc3nc(N)cc(N)c3C#N)c2C)cc1F. The number of nitrogens with two attached hydrogens (primary N) is 2. The Bertz CT molecular complexity index is 1160. The first kappa shape index (κ1) is 20.4. The van der Waals surface area contributed by atoms with Gasteiger partial charge < -0.3 is 16.0 Å². The number of nitrogens with zero attached hydrogens (tertiary/aromatic N) is 3. The highest BCUT2D eigenvalue weighted by molar-refractivity contribution is 8.00. The second-order valence-electron chi connectivity index (χ2n) is 6.69. The minimum absolute atomic E-state index is 0.0666. The summed E-state index contributed by atoms with van der Waals surface area (Å²) in [7, 11) is 0. The van der Waals surface area contributed by atoms with Gasteiger partial charge in [-0.1, -0.05) is 17.8 Å². The predicted octanol–water partition coefficient (Wildman–Crippen LogP) is 3.95. The maximum absolute atomic E-state index is 14.0. The molecule has 8 heteroatoms. The fraction of sp³-hybridized carbons (Fsp3) is 0.190. The van der Waals surface area contributed by atoms with Gasteiger partial charge in [0.05, 0.1) is 11.4 Å². The van der Waals surface area contributed by atoms with E-state index in [-0.39, 0.29) is 34.4 Å². The topological polar surface area (TPSA) is 111 Å². The first-order valence-electron chi connectivity index (χ1n) is 8.80. The average Bonchev–Trinajstić information content (AvgIpc) is 2.96. The maximum atomic E-state index is 14.0. The van der Waals surface area contributed by atoms with E-state index in [0.29, 0.717) is 21.8 Å². The Morgan fingerprint density at radius 2 is 1.97 bits per heavy atom. The Morgan fingerprint density at radius 3 is 2.62 bits per heavy atom. The van der Waals surface area contributed by atoms with Crippen molar-refractivity contribution in [2.75, 3.05) is 17.2 Å². The molecule has 3 aromatic rings. The third-order valence-electron chi connectivity index (χ3n) is 4.63. The molecular formula is C21H20FN5OS. The van der Waals surface area contributed by atoms with Crippen molar-refractivity contribution in [2.45, 2.75) is 25.8 Å². The molecule has 0 spiro atoms. The van der Waals surface area contributed by atoms with Crippen LogP contribution in [0.2, 0.25) is 0 Å². The van der Waals surface area contributed by atoms with Crippen LogP contribution in [0.1, 0.15) is 32.9 Å². The molecule has 1 aromatic carbocycles. The number of carbonyl (C=O) groups is 1. The molecule has 0 radical (unpaired) electrons. The second-order valence-corrected chi connectivity index (χ2v) is 7.66. The van der Waals surface area contributed by atoms with E-state index in [0.717, 1.165) is 23.1 Å². The Balaban J connectivity index is 1.88. The molecule has 148 valence electrons. The number of carbonyl (C=O) groups excluding carboxylic acids is 1. The first-order valence-corrected chi connectivity index (χ1v) is 9.79. The Kier molecular flexibility index (Phi) is 5.62. The molecule has 0 amide bonds. The van der Waals surface area contributed by atoms with Crippen LogP contribution >= 0.6 is 11.8 Å². The van der Waals surface area contributed by atoms with Crippen LogP contribution in [-0.4, -0.2) is 21.1 Å². The highest BCUT2D eigenvalue weighted by atomic mass is 32.2. The Hall–Kier alpha value is -3.31. The highest BCUT2D eigenvalue weighted by Crippen LogP contribution is 2.28. The van der Waals surface area contributed by atoms with Gasteiger partial charge in [-0.15, -0.1) is 0 Å². The van der Waals surface area contributed by atoms with Crippen LogP contribution in [0.15, 0.2) is 35.4 Å². The zero-order chi connectivity index (χ0) is 21.3. The number of hydrogen-bond donors (Lipinski definition) is 2. The molecule has 0 aliphatic carbocycles. The molecular weight excluding hydrogens is 389 g/mol. The lowest BCUT2D eigenvalue weighted by Gasteiger charge is -2.11. The van der Waals surface area contributed by atoms with E-state index < -0.39 is 0 Å². The van der Waals surface area contributed by atoms with E-state index in [1.54, 1.807) is 19.1 Å². The lowest BCUT2D eigenvalue weighted by molar-refractivity contribution is 0.102. The largest absolute Gasteiger partial charge is 0.397 e. The van der Waals surface area contributed by atoms with Crippen LogP contribution in [0, 0.1) is 37.9 Å². The average molecular weight is 409 g/mol. The summed E-state index contributed by atoms with van der Waals surface area (Å²) in [6.45, 7) is 5.38. The number of benzene rings is 1. The summed E-state index contributed by atoms with van der Waals surface area (Å²) < 4.78 is 15.8.